The van der Waals surface area contributed by atoms with Crippen molar-refractivity contribution in [2.45, 2.75) is 56.7 Å². The van der Waals surface area contributed by atoms with Crippen LogP contribution in [0.25, 0.3) is 0 Å². The van der Waals surface area contributed by atoms with E-state index in [9.17, 15) is 9.18 Å². The molecule has 1 N–H and O–H groups in total. The number of likely N-dealkylation sites (tertiary alicyclic amines) is 1. The summed E-state index contributed by atoms with van der Waals surface area (Å²) in [6.45, 7) is 3.79. The molecule has 1 unspecified atom stereocenters. The third-order valence-electron chi connectivity index (χ3n) is 7.76. The molecule has 2 aromatic carbocycles. The first kappa shape index (κ1) is 21.7. The highest BCUT2D eigenvalue weighted by atomic mass is 19.1. The molecule has 3 nitrogen and oxygen atoms in total. The van der Waals surface area contributed by atoms with Crippen LogP contribution < -0.4 is 5.32 Å². The second-order valence-electron chi connectivity index (χ2n) is 9.93. The maximum atomic E-state index is 15.7. The van der Waals surface area contributed by atoms with Gasteiger partial charge in [0.2, 0.25) is 0 Å². The van der Waals surface area contributed by atoms with Crippen LogP contribution in [-0.4, -0.2) is 42.5 Å². The van der Waals surface area contributed by atoms with Crippen LogP contribution in [0.4, 0.5) is 8.78 Å². The fourth-order valence-electron chi connectivity index (χ4n) is 5.80. The SMILES string of the molecule is O=C1c2ccc(C3CCNCC3)cc2CC1CC1(F)CCN(Cc2ccccc2F)CC1. The number of Topliss-reactive ketones (excluding diaryl/α,β-unsaturated/α-hetero) is 1. The minimum Gasteiger partial charge on any atom is -0.317 e. The van der Waals surface area contributed by atoms with Crippen LogP contribution >= 0.6 is 0 Å². The predicted octanol–water partition coefficient (Wildman–Crippen LogP) is 5.04. The number of hydrogen-bond acceptors (Lipinski definition) is 3. The van der Waals surface area contributed by atoms with E-state index >= 15 is 4.39 Å². The molecule has 0 radical (unpaired) electrons. The topological polar surface area (TPSA) is 32.3 Å². The van der Waals surface area contributed by atoms with Gasteiger partial charge in [0.05, 0.1) is 0 Å². The van der Waals surface area contributed by atoms with Gasteiger partial charge in [0.1, 0.15) is 11.5 Å². The minimum absolute atomic E-state index is 0.114. The number of nitrogens with one attached hydrogen (secondary N) is 1. The number of fused-ring (bicyclic) bond motifs is 1. The van der Waals surface area contributed by atoms with Crippen molar-refractivity contribution in [2.24, 2.45) is 5.92 Å². The van der Waals surface area contributed by atoms with Crippen LogP contribution in [0.1, 0.15) is 65.1 Å². The van der Waals surface area contributed by atoms with Crippen molar-refractivity contribution in [3.8, 4) is 0 Å². The molecule has 2 fully saturated rings. The zero-order valence-corrected chi connectivity index (χ0v) is 18.6. The molecule has 1 aliphatic carbocycles. The van der Waals surface area contributed by atoms with Crippen molar-refractivity contribution in [3.05, 3.63) is 70.5 Å². The molecule has 2 aromatic rings. The largest absolute Gasteiger partial charge is 0.317 e. The Hall–Kier alpha value is -2.11. The Balaban J connectivity index is 1.19. The summed E-state index contributed by atoms with van der Waals surface area (Å²) in [6.07, 6.45) is 4.04. The van der Waals surface area contributed by atoms with E-state index in [2.05, 4.69) is 22.3 Å². The molecule has 2 aliphatic heterocycles. The van der Waals surface area contributed by atoms with E-state index in [1.165, 1.54) is 11.6 Å². The Bertz CT molecular complexity index is 977. The van der Waals surface area contributed by atoms with E-state index < -0.39 is 5.67 Å². The summed E-state index contributed by atoms with van der Waals surface area (Å²) in [5.41, 5.74) is 2.58. The van der Waals surface area contributed by atoms with Crippen molar-refractivity contribution in [3.63, 3.8) is 0 Å². The van der Waals surface area contributed by atoms with Crippen LogP contribution in [0.3, 0.4) is 0 Å². The molecule has 0 bridgehead atoms. The van der Waals surface area contributed by atoms with E-state index in [1.54, 1.807) is 12.1 Å². The standard InChI is InChI=1S/C27H32F2N2O/c28-25-4-2-1-3-21(25)18-31-13-9-27(29,10-14-31)17-23-16-22-15-20(5-6-24(22)26(23)32)19-7-11-30-12-8-19/h1-6,15,19,23,30H,7-14,16-18H2. The van der Waals surface area contributed by atoms with Gasteiger partial charge in [-0.25, -0.2) is 8.78 Å². The zero-order valence-electron chi connectivity index (χ0n) is 18.6. The van der Waals surface area contributed by atoms with Crippen molar-refractivity contribution < 1.29 is 13.6 Å². The van der Waals surface area contributed by atoms with Crippen molar-refractivity contribution in [1.29, 1.82) is 0 Å². The molecular formula is C27H32F2N2O. The molecular weight excluding hydrogens is 406 g/mol. The Morgan fingerprint density at radius 2 is 1.81 bits per heavy atom. The van der Waals surface area contributed by atoms with Crippen LogP contribution in [0.5, 0.6) is 0 Å². The highest BCUT2D eigenvalue weighted by Crippen LogP contribution is 2.40. The third kappa shape index (κ3) is 4.51. The average molecular weight is 439 g/mol. The number of carbonyl (C=O) groups is 1. The number of alkyl halides is 1. The molecule has 2 saturated heterocycles. The number of hydrogen-bond donors (Lipinski definition) is 1. The lowest BCUT2D eigenvalue weighted by Crippen LogP contribution is -2.43. The molecule has 5 rings (SSSR count). The number of piperidine rings is 2. The maximum Gasteiger partial charge on any atom is 0.166 e. The smallest absolute Gasteiger partial charge is 0.166 e. The Kier molecular flexibility index (Phi) is 6.13. The first-order valence-electron chi connectivity index (χ1n) is 12.0. The Morgan fingerprint density at radius 3 is 2.56 bits per heavy atom. The van der Waals surface area contributed by atoms with E-state index in [1.807, 2.05) is 12.1 Å². The van der Waals surface area contributed by atoms with Crippen LogP contribution in [-0.2, 0) is 13.0 Å². The summed E-state index contributed by atoms with van der Waals surface area (Å²) in [4.78, 5) is 15.1. The molecule has 0 aromatic heterocycles. The molecule has 5 heteroatoms. The Labute approximate surface area is 189 Å². The summed E-state index contributed by atoms with van der Waals surface area (Å²) < 4.78 is 29.7. The fraction of sp³-hybridized carbons (Fsp3) is 0.519. The maximum absolute atomic E-state index is 15.7. The van der Waals surface area contributed by atoms with Crippen molar-refractivity contribution in [2.75, 3.05) is 26.2 Å². The van der Waals surface area contributed by atoms with Gasteiger partial charge < -0.3 is 5.32 Å². The van der Waals surface area contributed by atoms with Crippen molar-refractivity contribution >= 4 is 5.78 Å². The molecule has 3 aliphatic rings. The number of halogens is 2. The lowest BCUT2D eigenvalue weighted by Gasteiger charge is -2.37. The van der Waals surface area contributed by atoms with Gasteiger partial charge in [0.15, 0.2) is 5.78 Å². The van der Waals surface area contributed by atoms with Gasteiger partial charge in [-0.05, 0) is 74.7 Å². The van der Waals surface area contributed by atoms with Gasteiger partial charge in [0.25, 0.3) is 0 Å². The monoisotopic (exact) mass is 438 g/mol. The summed E-state index contributed by atoms with van der Waals surface area (Å²) >= 11 is 0. The number of nitrogens with zero attached hydrogens (tertiary/aromatic N) is 1. The molecule has 1 atom stereocenters. The third-order valence-corrected chi connectivity index (χ3v) is 7.76. The molecule has 2 heterocycles. The van der Waals surface area contributed by atoms with E-state index in [4.69, 9.17) is 0 Å². The minimum atomic E-state index is -1.31. The number of rotatable bonds is 5. The number of carbonyl (C=O) groups excluding carboxylic acids is 1. The molecule has 0 saturated carbocycles. The molecule has 0 spiro atoms. The van der Waals surface area contributed by atoms with E-state index in [-0.39, 0.29) is 17.5 Å². The molecule has 32 heavy (non-hydrogen) atoms. The van der Waals surface area contributed by atoms with Crippen molar-refractivity contribution in [1.82, 2.24) is 10.2 Å². The van der Waals surface area contributed by atoms with Crippen LogP contribution in [0.2, 0.25) is 0 Å². The van der Waals surface area contributed by atoms with Gasteiger partial charge in [-0.1, -0.05) is 36.4 Å². The Morgan fingerprint density at radius 1 is 1.06 bits per heavy atom. The number of benzene rings is 2. The second kappa shape index (κ2) is 9.03. The summed E-state index contributed by atoms with van der Waals surface area (Å²) in [5.74, 6) is 0.212. The zero-order chi connectivity index (χ0) is 22.1. The average Bonchev–Trinajstić information content (AvgIpc) is 3.11. The molecule has 0 amide bonds. The van der Waals surface area contributed by atoms with Gasteiger partial charge in [-0.3, -0.25) is 9.69 Å². The van der Waals surface area contributed by atoms with E-state index in [0.29, 0.717) is 56.8 Å². The van der Waals surface area contributed by atoms with Gasteiger partial charge in [-0.15, -0.1) is 0 Å². The second-order valence-corrected chi connectivity index (χ2v) is 9.93. The first-order chi connectivity index (χ1) is 15.5. The highest BCUT2D eigenvalue weighted by Gasteiger charge is 2.41. The van der Waals surface area contributed by atoms with Crippen LogP contribution in [0.15, 0.2) is 42.5 Å². The quantitative estimate of drug-likeness (QED) is 0.710. The normalized spacial score (nSPS) is 23.9. The number of ketones is 1. The summed E-state index contributed by atoms with van der Waals surface area (Å²) in [6, 6.07) is 13.1. The summed E-state index contributed by atoms with van der Waals surface area (Å²) in [7, 11) is 0. The predicted molar refractivity (Wildman–Crippen MR) is 122 cm³/mol. The van der Waals surface area contributed by atoms with Crippen LogP contribution in [0, 0.1) is 11.7 Å². The lowest BCUT2D eigenvalue weighted by molar-refractivity contribution is 0.0333. The van der Waals surface area contributed by atoms with Gasteiger partial charge in [-0.2, -0.15) is 0 Å². The van der Waals surface area contributed by atoms with Gasteiger partial charge in [0, 0.05) is 36.7 Å². The first-order valence-corrected chi connectivity index (χ1v) is 12.0. The van der Waals surface area contributed by atoms with E-state index in [0.717, 1.165) is 37.1 Å². The summed E-state index contributed by atoms with van der Waals surface area (Å²) in [5, 5.41) is 3.40. The molecule has 170 valence electrons. The fourth-order valence-corrected chi connectivity index (χ4v) is 5.80. The van der Waals surface area contributed by atoms with Gasteiger partial charge >= 0.3 is 0 Å². The highest BCUT2D eigenvalue weighted by molar-refractivity contribution is 6.02. The lowest BCUT2D eigenvalue weighted by atomic mass is 9.82.